The van der Waals surface area contributed by atoms with Crippen molar-refractivity contribution in [1.82, 2.24) is 4.90 Å². The number of carbonyl (C=O) groups is 2. The monoisotopic (exact) mass is 608 g/mol. The number of hydrogen-bond acceptors (Lipinski definition) is 5. The maximum atomic E-state index is 12.9. The molecule has 1 N–H and O–H groups in total. The van der Waals surface area contributed by atoms with Crippen LogP contribution in [0.15, 0.2) is 53.0 Å². The lowest BCUT2D eigenvalue weighted by Gasteiger charge is -2.20. The Morgan fingerprint density at radius 2 is 1.59 bits per heavy atom. The second kappa shape index (κ2) is 12.5. The molecule has 2 amide bonds. The number of halogens is 3. The first-order valence-corrected chi connectivity index (χ1v) is 12.8. The minimum absolute atomic E-state index is 0.120. The SMILES string of the molecule is COc1cc(NC(=O)C(=O)N(C)Cc2ccc(Br)cc2Oc2ccc(Cl)c(Cl)c2)cc(OC)c1C(C)C. The fourth-order valence-corrected chi connectivity index (χ4v) is 4.31. The number of carbonyl (C=O) groups excluding carboxylic acids is 2. The molecule has 0 aliphatic rings. The van der Waals surface area contributed by atoms with Gasteiger partial charge < -0.3 is 24.4 Å². The van der Waals surface area contributed by atoms with Gasteiger partial charge in [-0.2, -0.15) is 0 Å². The zero-order chi connectivity index (χ0) is 27.3. The first kappa shape index (κ1) is 28.6. The van der Waals surface area contributed by atoms with Gasteiger partial charge in [-0.3, -0.25) is 9.59 Å². The molecule has 0 aromatic heterocycles. The van der Waals surface area contributed by atoms with Crippen LogP contribution in [0, 0.1) is 0 Å². The van der Waals surface area contributed by atoms with Gasteiger partial charge in [-0.25, -0.2) is 0 Å². The number of likely N-dealkylation sites (N-methyl/N-ethyl adjacent to an activating group) is 1. The molecule has 0 aliphatic heterocycles. The van der Waals surface area contributed by atoms with E-state index in [1.807, 2.05) is 19.9 Å². The number of methoxy groups -OCH3 is 2. The Hall–Kier alpha value is -2.94. The molecular formula is C27H27BrCl2N2O5. The lowest BCUT2D eigenvalue weighted by molar-refractivity contribution is -0.142. The van der Waals surface area contributed by atoms with Crippen molar-refractivity contribution in [2.75, 3.05) is 26.6 Å². The third-order valence-corrected chi connectivity index (χ3v) is 6.71. The Labute approximate surface area is 234 Å². The number of hydrogen-bond donors (Lipinski definition) is 1. The van der Waals surface area contributed by atoms with E-state index >= 15 is 0 Å². The average Bonchev–Trinajstić information content (AvgIpc) is 2.86. The van der Waals surface area contributed by atoms with E-state index in [0.717, 1.165) is 10.0 Å². The highest BCUT2D eigenvalue weighted by molar-refractivity contribution is 9.10. The summed E-state index contributed by atoms with van der Waals surface area (Å²) in [4.78, 5) is 27.0. The van der Waals surface area contributed by atoms with Crippen LogP contribution in [-0.2, 0) is 16.1 Å². The maximum absolute atomic E-state index is 12.9. The third-order valence-electron chi connectivity index (χ3n) is 5.48. The summed E-state index contributed by atoms with van der Waals surface area (Å²) >= 11 is 15.5. The fraction of sp³-hybridized carbons (Fsp3) is 0.259. The second-order valence-corrected chi connectivity index (χ2v) is 10.2. The lowest BCUT2D eigenvalue weighted by atomic mass is 10.00. The Bertz CT molecular complexity index is 1290. The van der Waals surface area contributed by atoms with Crippen molar-refractivity contribution in [2.24, 2.45) is 0 Å². The minimum Gasteiger partial charge on any atom is -0.496 e. The van der Waals surface area contributed by atoms with E-state index in [2.05, 4.69) is 21.2 Å². The molecule has 0 bridgehead atoms. The van der Waals surface area contributed by atoms with Crippen molar-refractivity contribution in [3.8, 4) is 23.0 Å². The molecule has 3 aromatic rings. The molecule has 0 atom stereocenters. The summed E-state index contributed by atoms with van der Waals surface area (Å²) in [5.41, 5.74) is 1.94. The van der Waals surface area contributed by atoms with Crippen molar-refractivity contribution in [1.29, 1.82) is 0 Å². The van der Waals surface area contributed by atoms with Gasteiger partial charge in [0.05, 0.1) is 24.3 Å². The Balaban J connectivity index is 1.77. The van der Waals surface area contributed by atoms with Gasteiger partial charge in [-0.05, 0) is 30.2 Å². The molecule has 10 heteroatoms. The van der Waals surface area contributed by atoms with Crippen LogP contribution in [0.1, 0.15) is 30.9 Å². The zero-order valence-corrected chi connectivity index (χ0v) is 24.1. The topological polar surface area (TPSA) is 77.1 Å². The highest BCUT2D eigenvalue weighted by Crippen LogP contribution is 2.38. The molecular weight excluding hydrogens is 583 g/mol. The Morgan fingerprint density at radius 1 is 0.946 bits per heavy atom. The van der Waals surface area contributed by atoms with Crippen LogP contribution >= 0.6 is 39.1 Å². The van der Waals surface area contributed by atoms with Crippen molar-refractivity contribution in [3.63, 3.8) is 0 Å². The van der Waals surface area contributed by atoms with Crippen LogP contribution in [-0.4, -0.2) is 38.0 Å². The molecule has 0 fully saturated rings. The Kier molecular flexibility index (Phi) is 9.70. The first-order chi connectivity index (χ1) is 17.5. The molecule has 196 valence electrons. The molecule has 0 saturated heterocycles. The van der Waals surface area contributed by atoms with Crippen LogP contribution < -0.4 is 19.5 Å². The fourth-order valence-electron chi connectivity index (χ4n) is 3.69. The van der Waals surface area contributed by atoms with E-state index in [-0.39, 0.29) is 12.5 Å². The standard InChI is InChI=1S/C27H27BrCl2N2O5/c1-15(2)25-23(35-4)11-18(12-24(25)36-5)31-26(33)27(34)32(3)14-16-6-7-17(28)10-22(16)37-19-8-9-20(29)21(30)13-19/h6-13,15H,14H2,1-5H3,(H,31,33). The van der Waals surface area contributed by atoms with E-state index < -0.39 is 11.8 Å². The molecule has 0 saturated carbocycles. The number of benzene rings is 3. The van der Waals surface area contributed by atoms with Crippen molar-refractivity contribution < 1.29 is 23.8 Å². The predicted molar refractivity (Wildman–Crippen MR) is 149 cm³/mol. The number of ether oxygens (including phenoxy) is 3. The Morgan fingerprint density at radius 3 is 2.16 bits per heavy atom. The molecule has 3 aromatic carbocycles. The van der Waals surface area contributed by atoms with Crippen LogP contribution in [0.25, 0.3) is 0 Å². The van der Waals surface area contributed by atoms with E-state index in [9.17, 15) is 9.59 Å². The molecule has 0 aliphatic carbocycles. The number of anilines is 1. The van der Waals surface area contributed by atoms with Gasteiger partial charge in [-0.1, -0.05) is 59.0 Å². The molecule has 0 spiro atoms. The summed E-state index contributed by atoms with van der Waals surface area (Å²) < 4.78 is 17.8. The zero-order valence-electron chi connectivity index (χ0n) is 21.0. The van der Waals surface area contributed by atoms with Crippen molar-refractivity contribution >= 4 is 56.6 Å². The highest BCUT2D eigenvalue weighted by Gasteiger charge is 2.23. The molecule has 37 heavy (non-hydrogen) atoms. The third kappa shape index (κ3) is 7.09. The van der Waals surface area contributed by atoms with Crippen molar-refractivity contribution in [2.45, 2.75) is 26.3 Å². The number of nitrogens with one attached hydrogen (secondary N) is 1. The number of amides is 2. The summed E-state index contributed by atoms with van der Waals surface area (Å²) in [5, 5.41) is 3.41. The van der Waals surface area contributed by atoms with E-state index in [1.54, 1.807) is 56.7 Å². The van der Waals surface area contributed by atoms with E-state index in [0.29, 0.717) is 44.3 Å². The van der Waals surface area contributed by atoms with Gasteiger partial charge in [0.1, 0.15) is 23.0 Å². The lowest BCUT2D eigenvalue weighted by Crippen LogP contribution is -2.36. The number of nitrogens with zero attached hydrogens (tertiary/aromatic N) is 1. The first-order valence-electron chi connectivity index (χ1n) is 11.3. The summed E-state index contributed by atoms with van der Waals surface area (Å²) in [6.45, 7) is 4.15. The molecule has 0 radical (unpaired) electrons. The van der Waals surface area contributed by atoms with Crippen LogP contribution in [0.2, 0.25) is 10.0 Å². The van der Waals surface area contributed by atoms with Gasteiger partial charge in [0, 0.05) is 53.1 Å². The van der Waals surface area contributed by atoms with Crippen LogP contribution in [0.5, 0.6) is 23.0 Å². The van der Waals surface area contributed by atoms with Gasteiger partial charge in [0.2, 0.25) is 0 Å². The minimum atomic E-state index is -0.798. The molecule has 3 rings (SSSR count). The van der Waals surface area contributed by atoms with Gasteiger partial charge in [0.15, 0.2) is 0 Å². The van der Waals surface area contributed by atoms with Gasteiger partial charge in [-0.15, -0.1) is 0 Å². The summed E-state index contributed by atoms with van der Waals surface area (Å²) in [7, 11) is 4.62. The quantitative estimate of drug-likeness (QED) is 0.271. The van der Waals surface area contributed by atoms with Crippen molar-refractivity contribution in [3.05, 3.63) is 74.2 Å². The van der Waals surface area contributed by atoms with E-state index in [4.69, 9.17) is 37.4 Å². The molecule has 0 heterocycles. The highest BCUT2D eigenvalue weighted by atomic mass is 79.9. The van der Waals surface area contributed by atoms with Crippen LogP contribution in [0.3, 0.4) is 0 Å². The van der Waals surface area contributed by atoms with Gasteiger partial charge >= 0.3 is 11.8 Å². The second-order valence-electron chi connectivity index (χ2n) is 8.49. The summed E-state index contributed by atoms with van der Waals surface area (Å²) in [6, 6.07) is 13.7. The van der Waals surface area contributed by atoms with E-state index in [1.165, 1.54) is 11.9 Å². The van der Waals surface area contributed by atoms with Crippen LogP contribution in [0.4, 0.5) is 5.69 Å². The molecule has 0 unspecified atom stereocenters. The normalized spacial score (nSPS) is 10.7. The summed E-state index contributed by atoms with van der Waals surface area (Å²) in [6.07, 6.45) is 0. The predicted octanol–water partition coefficient (Wildman–Crippen LogP) is 7.29. The summed E-state index contributed by atoms with van der Waals surface area (Å²) in [5.74, 6) is 0.699. The molecule has 7 nitrogen and oxygen atoms in total. The smallest absolute Gasteiger partial charge is 0.313 e. The number of rotatable bonds is 8. The largest absolute Gasteiger partial charge is 0.496 e. The average molecular weight is 610 g/mol. The maximum Gasteiger partial charge on any atom is 0.313 e. The van der Waals surface area contributed by atoms with Gasteiger partial charge in [0.25, 0.3) is 0 Å².